The third-order valence-electron chi connectivity index (χ3n) is 8.84. The number of rotatable bonds is 12. The molecule has 0 radical (unpaired) electrons. The molecule has 248 valence electrons. The highest BCUT2D eigenvalue weighted by Gasteiger charge is 2.31. The van der Waals surface area contributed by atoms with Gasteiger partial charge in [0.15, 0.2) is 0 Å². The van der Waals surface area contributed by atoms with E-state index in [0.29, 0.717) is 43.8 Å². The molecule has 1 unspecified atom stereocenters. The molecule has 4 rings (SSSR count). The molecule has 2 aliphatic heterocycles. The maximum atomic E-state index is 13.2. The van der Waals surface area contributed by atoms with Crippen LogP contribution in [-0.2, 0) is 28.6 Å². The van der Waals surface area contributed by atoms with E-state index >= 15 is 0 Å². The largest absolute Gasteiger partial charge is 0.511 e. The van der Waals surface area contributed by atoms with Gasteiger partial charge in [0.05, 0.1) is 5.92 Å². The lowest BCUT2D eigenvalue weighted by Crippen LogP contribution is -2.52. The molecule has 45 heavy (non-hydrogen) atoms. The van der Waals surface area contributed by atoms with Crippen molar-refractivity contribution in [2.45, 2.75) is 96.0 Å². The van der Waals surface area contributed by atoms with Crippen molar-refractivity contribution in [1.29, 1.82) is 0 Å². The maximum Gasteiger partial charge on any atom is 0.511 e. The van der Waals surface area contributed by atoms with E-state index in [2.05, 4.69) is 16.0 Å². The van der Waals surface area contributed by atoms with Gasteiger partial charge in [-0.25, -0.2) is 9.59 Å². The van der Waals surface area contributed by atoms with Gasteiger partial charge in [-0.3, -0.25) is 14.4 Å². The molecule has 12 nitrogen and oxygen atoms in total. The average molecular weight is 629 g/mol. The summed E-state index contributed by atoms with van der Waals surface area (Å²) in [4.78, 5) is 66.2. The number of nitrogens with one attached hydrogen (secondary N) is 3. The average Bonchev–Trinajstić information content (AvgIpc) is 3.06. The quantitative estimate of drug-likeness (QED) is 0.234. The molecule has 3 fully saturated rings. The molecule has 1 saturated carbocycles. The first-order valence-electron chi connectivity index (χ1n) is 16.5. The van der Waals surface area contributed by atoms with Gasteiger partial charge < -0.3 is 35.1 Å². The summed E-state index contributed by atoms with van der Waals surface area (Å²) in [6, 6.07) is 7.10. The second-order valence-electron chi connectivity index (χ2n) is 12.3. The number of hydrogen-bond donors (Lipinski definition) is 3. The Morgan fingerprint density at radius 3 is 2.40 bits per heavy atom. The summed E-state index contributed by atoms with van der Waals surface area (Å²) in [6.45, 7) is 4.06. The lowest BCUT2D eigenvalue weighted by atomic mass is 9.92. The summed E-state index contributed by atoms with van der Waals surface area (Å²) >= 11 is 0. The zero-order valence-electron chi connectivity index (χ0n) is 26.3. The summed E-state index contributed by atoms with van der Waals surface area (Å²) < 4.78 is 15.8. The Morgan fingerprint density at radius 2 is 1.67 bits per heavy atom. The fraction of sp³-hybridized carbons (Fsp3) is 0.667. The predicted molar refractivity (Wildman–Crippen MR) is 165 cm³/mol. The first kappa shape index (κ1) is 34.2. The number of ether oxygens (including phenoxy) is 3. The van der Waals surface area contributed by atoms with Crippen molar-refractivity contribution < 1.29 is 38.2 Å². The molecule has 3 atom stereocenters. The molecular formula is C33H48N4O8. The Morgan fingerprint density at radius 1 is 0.933 bits per heavy atom. The van der Waals surface area contributed by atoms with Crippen molar-refractivity contribution in [3.8, 4) is 0 Å². The maximum absolute atomic E-state index is 13.2. The van der Waals surface area contributed by atoms with Crippen molar-refractivity contribution in [3.05, 3.63) is 35.9 Å². The molecule has 3 aliphatic rings. The third kappa shape index (κ3) is 11.3. The van der Waals surface area contributed by atoms with Crippen molar-refractivity contribution >= 4 is 29.8 Å². The molecule has 1 aromatic rings. The van der Waals surface area contributed by atoms with E-state index in [9.17, 15) is 24.0 Å². The molecule has 3 amide bonds. The van der Waals surface area contributed by atoms with E-state index in [-0.39, 0.29) is 24.5 Å². The highest BCUT2D eigenvalue weighted by molar-refractivity contribution is 5.97. The Bertz CT molecular complexity index is 1140. The van der Waals surface area contributed by atoms with Gasteiger partial charge in [0.2, 0.25) is 18.1 Å². The second-order valence-corrected chi connectivity index (χ2v) is 12.3. The Kier molecular flexibility index (Phi) is 13.5. The van der Waals surface area contributed by atoms with Gasteiger partial charge in [0.1, 0.15) is 12.1 Å². The smallest absolute Gasteiger partial charge is 0.431 e. The Balaban J connectivity index is 1.29. The van der Waals surface area contributed by atoms with E-state index in [4.69, 9.17) is 14.2 Å². The SMILES string of the molecule is CC(OC(=O)OC1CCCCC1)OC(=O)[C@H](CNC(=O)[C@@H]1CCCN(C(=O)CCC2CCNCC2)C1)NC(=O)c1ccccc1. The lowest BCUT2D eigenvalue weighted by Gasteiger charge is -2.33. The van der Waals surface area contributed by atoms with Gasteiger partial charge in [-0.2, -0.15) is 0 Å². The summed E-state index contributed by atoms with van der Waals surface area (Å²) in [5.74, 6) is -1.52. The normalized spacial score (nSPS) is 20.7. The van der Waals surface area contributed by atoms with Crippen LogP contribution >= 0.6 is 0 Å². The first-order valence-corrected chi connectivity index (χ1v) is 16.5. The molecular weight excluding hydrogens is 580 g/mol. The lowest BCUT2D eigenvalue weighted by molar-refractivity contribution is -0.171. The number of carbonyl (C=O) groups is 5. The van der Waals surface area contributed by atoms with Crippen LogP contribution in [0.2, 0.25) is 0 Å². The van der Waals surface area contributed by atoms with Gasteiger partial charge in [0.25, 0.3) is 5.91 Å². The number of hydrogen-bond acceptors (Lipinski definition) is 9. The van der Waals surface area contributed by atoms with Crippen LogP contribution < -0.4 is 16.0 Å². The van der Waals surface area contributed by atoms with Gasteiger partial charge in [-0.05, 0) is 88.9 Å². The predicted octanol–water partition coefficient (Wildman–Crippen LogP) is 3.29. The van der Waals surface area contributed by atoms with Crippen molar-refractivity contribution in [2.24, 2.45) is 11.8 Å². The van der Waals surface area contributed by atoms with E-state index < -0.39 is 36.3 Å². The molecule has 2 saturated heterocycles. The number of amides is 3. The Labute approximate surface area is 265 Å². The van der Waals surface area contributed by atoms with Gasteiger partial charge in [-0.1, -0.05) is 24.6 Å². The highest BCUT2D eigenvalue weighted by atomic mass is 16.8. The molecule has 2 heterocycles. The molecule has 3 N–H and O–H groups in total. The summed E-state index contributed by atoms with van der Waals surface area (Å²) in [6.07, 6.45) is 6.99. The standard InChI is InChI=1S/C33H48N4O8/c1-23(44-33(42)45-27-12-6-3-7-13-27)43-32(41)28(36-31(40)25-9-4-2-5-10-25)21-35-30(39)26-11-8-20-37(22-26)29(38)15-14-24-16-18-34-19-17-24/h2,4-5,9-10,23-24,26-28,34H,3,6-8,11-22H2,1H3,(H,35,39)(H,36,40)/t23?,26-,28+/m1/s1. The molecule has 0 aromatic heterocycles. The molecule has 0 spiro atoms. The fourth-order valence-electron chi connectivity index (χ4n) is 6.20. The number of carbonyl (C=O) groups excluding carboxylic acids is 5. The van der Waals surface area contributed by atoms with Gasteiger partial charge in [-0.15, -0.1) is 0 Å². The second kappa shape index (κ2) is 17.7. The number of piperidine rings is 2. The van der Waals surface area contributed by atoms with Gasteiger partial charge >= 0.3 is 12.1 Å². The summed E-state index contributed by atoms with van der Waals surface area (Å²) in [7, 11) is 0. The zero-order valence-corrected chi connectivity index (χ0v) is 26.3. The number of esters is 1. The van der Waals surface area contributed by atoms with Crippen LogP contribution in [0, 0.1) is 11.8 Å². The summed E-state index contributed by atoms with van der Waals surface area (Å²) in [5.41, 5.74) is 0.327. The number of nitrogens with zero attached hydrogens (tertiary/aromatic N) is 1. The zero-order chi connectivity index (χ0) is 32.0. The van der Waals surface area contributed by atoms with E-state index in [0.717, 1.165) is 64.5 Å². The van der Waals surface area contributed by atoms with E-state index in [1.54, 1.807) is 35.2 Å². The van der Waals surface area contributed by atoms with Crippen LogP contribution in [0.25, 0.3) is 0 Å². The highest BCUT2D eigenvalue weighted by Crippen LogP contribution is 2.22. The Hall–Kier alpha value is -3.67. The minimum atomic E-state index is -1.27. The minimum Gasteiger partial charge on any atom is -0.431 e. The molecule has 0 bridgehead atoms. The summed E-state index contributed by atoms with van der Waals surface area (Å²) in [5, 5.41) is 8.73. The third-order valence-corrected chi connectivity index (χ3v) is 8.84. The molecule has 1 aromatic carbocycles. The van der Waals surface area contributed by atoms with Crippen LogP contribution in [-0.4, -0.2) is 85.9 Å². The van der Waals surface area contributed by atoms with Crippen molar-refractivity contribution in [2.75, 3.05) is 32.7 Å². The van der Waals surface area contributed by atoms with E-state index in [1.807, 2.05) is 0 Å². The molecule has 12 heteroatoms. The monoisotopic (exact) mass is 628 g/mol. The first-order chi connectivity index (χ1) is 21.8. The number of benzene rings is 1. The topological polar surface area (TPSA) is 152 Å². The number of likely N-dealkylation sites (tertiary alicyclic amines) is 1. The van der Waals surface area contributed by atoms with Crippen molar-refractivity contribution in [1.82, 2.24) is 20.9 Å². The fourth-order valence-corrected chi connectivity index (χ4v) is 6.20. The minimum absolute atomic E-state index is 0.0682. The van der Waals surface area contributed by atoms with Crippen LogP contribution in [0.4, 0.5) is 4.79 Å². The van der Waals surface area contributed by atoms with Crippen LogP contribution in [0.3, 0.4) is 0 Å². The van der Waals surface area contributed by atoms with Crippen LogP contribution in [0.15, 0.2) is 30.3 Å². The van der Waals surface area contributed by atoms with Crippen molar-refractivity contribution in [3.63, 3.8) is 0 Å². The van der Waals surface area contributed by atoms with E-state index in [1.165, 1.54) is 6.92 Å². The van der Waals surface area contributed by atoms with Crippen LogP contribution in [0.1, 0.15) is 87.9 Å². The molecule has 1 aliphatic carbocycles. The van der Waals surface area contributed by atoms with Gasteiger partial charge in [0, 0.05) is 38.5 Å². The van der Waals surface area contributed by atoms with Crippen LogP contribution in [0.5, 0.6) is 0 Å².